The fourth-order valence-corrected chi connectivity index (χ4v) is 5.56. The second kappa shape index (κ2) is 14.4. The Morgan fingerprint density at radius 3 is 1.57 bits per heavy atom. The summed E-state index contributed by atoms with van der Waals surface area (Å²) in [5, 5.41) is 10.0. The average Bonchev–Trinajstić information content (AvgIpc) is 3.68. The third kappa shape index (κ3) is 7.26. The highest BCUT2D eigenvalue weighted by molar-refractivity contribution is 6.45. The van der Waals surface area contributed by atoms with Crippen LogP contribution in [0.3, 0.4) is 0 Å². The first kappa shape index (κ1) is 32.8. The molecule has 1 saturated heterocycles. The zero-order valence-electron chi connectivity index (χ0n) is 26.0. The maximum atomic E-state index is 13.1. The number of hydrogen-bond donors (Lipinski definition) is 1. The van der Waals surface area contributed by atoms with Crippen LogP contribution < -0.4 is 0 Å². The molecule has 0 aliphatic carbocycles. The second-order valence-electron chi connectivity index (χ2n) is 11.2. The molecule has 0 bridgehead atoms. The van der Waals surface area contributed by atoms with Gasteiger partial charge in [0.25, 0.3) is 17.5 Å². The number of Topliss-reactive ketones (excluding diaryl/α,β-unsaturated/α-hetero) is 2. The number of benzene rings is 2. The lowest BCUT2D eigenvalue weighted by atomic mass is 10.1. The van der Waals surface area contributed by atoms with Gasteiger partial charge in [0.05, 0.1) is 24.3 Å². The minimum Gasteiger partial charge on any atom is -0.475 e. The Kier molecular flexibility index (Phi) is 9.62. The van der Waals surface area contributed by atoms with E-state index >= 15 is 0 Å². The first-order chi connectivity index (χ1) is 23.7. The van der Waals surface area contributed by atoms with Gasteiger partial charge in [-0.15, -0.1) is 0 Å². The molecule has 1 aliphatic heterocycles. The topological polar surface area (TPSA) is 137 Å². The fraction of sp³-hybridized carbons (Fsp3) is 0.167. The summed E-state index contributed by atoms with van der Waals surface area (Å²) in [6, 6.07) is 18.9. The summed E-state index contributed by atoms with van der Waals surface area (Å²) in [4.78, 5) is 58.2. The van der Waals surface area contributed by atoms with E-state index in [9.17, 15) is 28.0 Å². The smallest absolute Gasteiger partial charge is 0.377 e. The highest BCUT2D eigenvalue weighted by Gasteiger charge is 2.28. The van der Waals surface area contributed by atoms with Crippen molar-refractivity contribution in [3.63, 3.8) is 0 Å². The van der Waals surface area contributed by atoms with Crippen molar-refractivity contribution < 1.29 is 37.8 Å². The van der Waals surface area contributed by atoms with E-state index in [-0.39, 0.29) is 17.2 Å². The van der Waals surface area contributed by atoms with Crippen molar-refractivity contribution in [1.29, 1.82) is 0 Å². The van der Waals surface area contributed by atoms with Crippen molar-refractivity contribution in [2.75, 3.05) is 26.3 Å². The summed E-state index contributed by atoms with van der Waals surface area (Å²) in [7, 11) is 0. The average molecular weight is 666 g/mol. The number of aliphatic carboxylic acids is 1. The van der Waals surface area contributed by atoms with Crippen LogP contribution in [0.2, 0.25) is 0 Å². The van der Waals surface area contributed by atoms with Gasteiger partial charge in [-0.3, -0.25) is 14.4 Å². The predicted octanol–water partition coefficient (Wildman–Crippen LogP) is 4.76. The number of ether oxygens (including phenoxy) is 1. The Labute approximate surface area is 278 Å². The monoisotopic (exact) mass is 665 g/mol. The van der Waals surface area contributed by atoms with Crippen molar-refractivity contribution in [1.82, 2.24) is 24.0 Å². The molecule has 5 heterocycles. The highest BCUT2D eigenvalue weighted by Crippen LogP contribution is 2.23. The molecule has 0 unspecified atom stereocenters. The van der Waals surface area contributed by atoms with Gasteiger partial charge in [-0.2, -0.15) is 0 Å². The minimum absolute atomic E-state index is 0.0951. The van der Waals surface area contributed by atoms with Crippen LogP contribution in [0.5, 0.6) is 0 Å². The summed E-state index contributed by atoms with van der Waals surface area (Å²) in [5.74, 6) is -4.20. The molecule has 4 aromatic heterocycles. The molecule has 7 rings (SSSR count). The SMILES string of the molecule is O=C(C(=O)N1CCOCC1)c1cn(Cc2ccc(F)cc2)c2ncccc12.O=C(O)C(=O)c1cn(Cc2ccc(F)cc2)c2ncccc12. The molecule has 1 amide bonds. The number of morpholine rings is 1. The number of carboxylic acid groups (broad SMARTS) is 1. The van der Waals surface area contributed by atoms with E-state index in [2.05, 4.69) is 9.97 Å². The number of carbonyl (C=O) groups is 4. The van der Waals surface area contributed by atoms with E-state index in [1.807, 2.05) is 4.57 Å². The number of rotatable bonds is 8. The maximum absolute atomic E-state index is 13.1. The molecular formula is C36H29F2N5O6. The summed E-state index contributed by atoms with van der Waals surface area (Å²) >= 11 is 0. The molecule has 0 saturated carbocycles. The third-order valence-corrected chi connectivity index (χ3v) is 7.98. The number of carbonyl (C=O) groups excluding carboxylic acids is 3. The lowest BCUT2D eigenvalue weighted by Crippen LogP contribution is -2.44. The largest absolute Gasteiger partial charge is 0.475 e. The molecular weight excluding hydrogens is 636 g/mol. The first-order valence-electron chi connectivity index (χ1n) is 15.2. The lowest BCUT2D eigenvalue weighted by Gasteiger charge is -2.25. The Morgan fingerprint density at radius 1 is 0.673 bits per heavy atom. The number of amides is 1. The van der Waals surface area contributed by atoms with Crippen LogP contribution in [0.25, 0.3) is 22.1 Å². The molecule has 49 heavy (non-hydrogen) atoms. The van der Waals surface area contributed by atoms with Gasteiger partial charge in [-0.1, -0.05) is 24.3 Å². The van der Waals surface area contributed by atoms with Crippen molar-refractivity contribution in [2.24, 2.45) is 0 Å². The van der Waals surface area contributed by atoms with Crippen LogP contribution in [0.4, 0.5) is 8.78 Å². The van der Waals surface area contributed by atoms with Crippen molar-refractivity contribution in [2.45, 2.75) is 13.1 Å². The van der Waals surface area contributed by atoms with Gasteiger partial charge in [0, 0.05) is 61.7 Å². The van der Waals surface area contributed by atoms with E-state index in [0.29, 0.717) is 67.0 Å². The molecule has 0 spiro atoms. The van der Waals surface area contributed by atoms with Crippen molar-refractivity contribution >= 4 is 45.5 Å². The third-order valence-electron chi connectivity index (χ3n) is 7.98. The number of pyridine rings is 2. The first-order valence-corrected chi connectivity index (χ1v) is 15.2. The number of carboxylic acids is 1. The van der Waals surface area contributed by atoms with E-state index < -0.39 is 23.4 Å². The van der Waals surface area contributed by atoms with Crippen LogP contribution in [-0.2, 0) is 27.4 Å². The van der Waals surface area contributed by atoms with E-state index in [0.717, 1.165) is 11.1 Å². The number of halogens is 2. The summed E-state index contributed by atoms with van der Waals surface area (Å²) < 4.78 is 34.8. The van der Waals surface area contributed by atoms with Gasteiger partial charge in [0.1, 0.15) is 22.9 Å². The normalized spacial score (nSPS) is 12.8. The Morgan fingerprint density at radius 2 is 1.12 bits per heavy atom. The molecule has 11 nitrogen and oxygen atoms in total. The second-order valence-corrected chi connectivity index (χ2v) is 11.2. The van der Waals surface area contributed by atoms with E-state index in [1.54, 1.807) is 71.7 Å². The van der Waals surface area contributed by atoms with Crippen molar-refractivity contribution in [3.05, 3.63) is 131 Å². The van der Waals surface area contributed by atoms with Gasteiger partial charge < -0.3 is 23.9 Å². The molecule has 1 N–H and O–H groups in total. The quantitative estimate of drug-likeness (QED) is 0.182. The van der Waals surface area contributed by atoms with Crippen molar-refractivity contribution in [3.8, 4) is 0 Å². The molecule has 1 aliphatic rings. The van der Waals surface area contributed by atoms with Crippen LogP contribution in [-0.4, -0.2) is 78.9 Å². The van der Waals surface area contributed by atoms with Crippen LogP contribution in [0.15, 0.2) is 97.6 Å². The minimum atomic E-state index is -1.51. The van der Waals surface area contributed by atoms with Gasteiger partial charge in [-0.25, -0.2) is 23.5 Å². The fourth-order valence-electron chi connectivity index (χ4n) is 5.56. The molecule has 0 radical (unpaired) electrons. The zero-order valence-corrected chi connectivity index (χ0v) is 26.0. The number of fused-ring (bicyclic) bond motifs is 2. The zero-order chi connectivity index (χ0) is 34.5. The molecule has 1 fully saturated rings. The number of hydrogen-bond acceptors (Lipinski definition) is 7. The molecule has 2 aromatic carbocycles. The Balaban J connectivity index is 0.000000174. The van der Waals surface area contributed by atoms with Gasteiger partial charge in [0.2, 0.25) is 0 Å². The van der Waals surface area contributed by atoms with Gasteiger partial charge in [0.15, 0.2) is 0 Å². The standard InChI is InChI=1S/C20H18FN3O3.C16H11FN2O3/c21-15-5-3-14(4-6-15)12-24-13-17(16-2-1-7-22-19(16)24)18(25)20(26)23-8-10-27-11-9-23;17-11-5-3-10(4-6-11)8-19-9-13(14(20)16(21)22)12-2-1-7-18-15(12)19/h1-7,13H,8-12H2;1-7,9H,8H2,(H,21,22). The van der Waals surface area contributed by atoms with Gasteiger partial charge in [-0.05, 0) is 59.7 Å². The lowest BCUT2D eigenvalue weighted by molar-refractivity contribution is -0.132. The summed E-state index contributed by atoms with van der Waals surface area (Å²) in [5.41, 5.74) is 3.24. The van der Waals surface area contributed by atoms with Crippen LogP contribution >= 0.6 is 0 Å². The van der Waals surface area contributed by atoms with E-state index in [1.165, 1.54) is 35.4 Å². The number of aromatic nitrogens is 4. The van der Waals surface area contributed by atoms with Crippen LogP contribution in [0.1, 0.15) is 31.8 Å². The van der Waals surface area contributed by atoms with Crippen LogP contribution in [0, 0.1) is 11.6 Å². The van der Waals surface area contributed by atoms with E-state index in [4.69, 9.17) is 9.84 Å². The highest BCUT2D eigenvalue weighted by atomic mass is 19.1. The van der Waals surface area contributed by atoms with Gasteiger partial charge >= 0.3 is 5.97 Å². The Hall–Kier alpha value is -6.08. The molecule has 6 aromatic rings. The Bertz CT molecular complexity index is 2170. The number of nitrogens with zero attached hydrogens (tertiary/aromatic N) is 5. The predicted molar refractivity (Wildman–Crippen MR) is 174 cm³/mol. The summed E-state index contributed by atoms with van der Waals surface area (Å²) in [6.07, 6.45) is 6.33. The number of ketones is 2. The maximum Gasteiger partial charge on any atom is 0.377 e. The molecule has 248 valence electrons. The molecule has 13 heteroatoms. The molecule has 0 atom stereocenters. The summed E-state index contributed by atoms with van der Waals surface area (Å²) in [6.45, 7) is 2.49.